The lowest BCUT2D eigenvalue weighted by atomic mass is 10.1. The standard InChI is InChI=1S/C17H22N2O6/c1-3-23-17(21)19-6-4-18(5-7-19)16(20)12-10-13(22-2)15-14(11-12)24-8-9-25-15/h10-11H,3-9H2,1-2H3. The topological polar surface area (TPSA) is 77.5 Å². The zero-order valence-electron chi connectivity index (χ0n) is 14.4. The highest BCUT2D eigenvalue weighted by molar-refractivity contribution is 5.95. The van der Waals surface area contributed by atoms with Gasteiger partial charge in [0.15, 0.2) is 11.5 Å². The molecule has 0 aromatic heterocycles. The van der Waals surface area contributed by atoms with Gasteiger partial charge in [-0.2, -0.15) is 0 Å². The number of hydrogen-bond donors (Lipinski definition) is 0. The van der Waals surface area contributed by atoms with Gasteiger partial charge in [0.1, 0.15) is 13.2 Å². The zero-order valence-corrected chi connectivity index (χ0v) is 14.4. The molecule has 8 heteroatoms. The van der Waals surface area contributed by atoms with Crippen molar-refractivity contribution in [1.82, 2.24) is 9.80 Å². The van der Waals surface area contributed by atoms with Gasteiger partial charge >= 0.3 is 6.09 Å². The first-order valence-corrected chi connectivity index (χ1v) is 8.32. The Morgan fingerprint density at radius 2 is 1.76 bits per heavy atom. The van der Waals surface area contributed by atoms with Gasteiger partial charge < -0.3 is 28.7 Å². The summed E-state index contributed by atoms with van der Waals surface area (Å²) < 4.78 is 21.4. The number of nitrogens with zero attached hydrogens (tertiary/aromatic N) is 2. The Kier molecular flexibility index (Phi) is 5.16. The van der Waals surface area contributed by atoms with E-state index in [0.717, 1.165) is 0 Å². The summed E-state index contributed by atoms with van der Waals surface area (Å²) in [5.74, 6) is 1.39. The lowest BCUT2D eigenvalue weighted by Crippen LogP contribution is -2.50. The second-order valence-electron chi connectivity index (χ2n) is 5.68. The maximum Gasteiger partial charge on any atom is 0.409 e. The molecule has 1 aromatic carbocycles. The summed E-state index contributed by atoms with van der Waals surface area (Å²) in [7, 11) is 1.53. The van der Waals surface area contributed by atoms with Gasteiger partial charge in [-0.1, -0.05) is 0 Å². The monoisotopic (exact) mass is 350 g/mol. The smallest absolute Gasteiger partial charge is 0.409 e. The molecular weight excluding hydrogens is 328 g/mol. The van der Waals surface area contributed by atoms with Crippen LogP contribution in [0.15, 0.2) is 12.1 Å². The van der Waals surface area contributed by atoms with Gasteiger partial charge in [0.05, 0.1) is 13.7 Å². The number of ether oxygens (including phenoxy) is 4. The van der Waals surface area contributed by atoms with E-state index in [0.29, 0.717) is 68.8 Å². The van der Waals surface area contributed by atoms with Crippen LogP contribution in [0.5, 0.6) is 17.2 Å². The molecule has 0 bridgehead atoms. The fourth-order valence-electron chi connectivity index (χ4n) is 2.89. The Labute approximate surface area is 146 Å². The van der Waals surface area contributed by atoms with Crippen LogP contribution in [0, 0.1) is 0 Å². The first kappa shape index (κ1) is 17.2. The zero-order chi connectivity index (χ0) is 17.8. The lowest BCUT2D eigenvalue weighted by molar-refractivity contribution is 0.0569. The molecule has 0 unspecified atom stereocenters. The van der Waals surface area contributed by atoms with E-state index in [2.05, 4.69) is 0 Å². The van der Waals surface area contributed by atoms with Crippen LogP contribution in [0.4, 0.5) is 4.79 Å². The molecule has 25 heavy (non-hydrogen) atoms. The van der Waals surface area contributed by atoms with Crippen molar-refractivity contribution < 1.29 is 28.5 Å². The summed E-state index contributed by atoms with van der Waals surface area (Å²) in [6.45, 7) is 4.81. The average Bonchev–Trinajstić information content (AvgIpc) is 2.66. The summed E-state index contributed by atoms with van der Waals surface area (Å²) in [6.07, 6.45) is -0.337. The van der Waals surface area contributed by atoms with Crippen molar-refractivity contribution in [1.29, 1.82) is 0 Å². The van der Waals surface area contributed by atoms with Crippen molar-refractivity contribution in [2.75, 3.05) is 53.1 Å². The Morgan fingerprint density at radius 3 is 2.44 bits per heavy atom. The highest BCUT2D eigenvalue weighted by Crippen LogP contribution is 2.40. The van der Waals surface area contributed by atoms with Crippen LogP contribution in [-0.4, -0.2) is 74.9 Å². The highest BCUT2D eigenvalue weighted by atomic mass is 16.6. The lowest BCUT2D eigenvalue weighted by Gasteiger charge is -2.34. The van der Waals surface area contributed by atoms with E-state index in [9.17, 15) is 9.59 Å². The minimum Gasteiger partial charge on any atom is -0.493 e. The number of carbonyl (C=O) groups is 2. The SMILES string of the molecule is CCOC(=O)N1CCN(C(=O)c2cc(OC)c3c(c2)OCCO3)CC1. The van der Waals surface area contributed by atoms with E-state index in [1.807, 2.05) is 0 Å². The first-order valence-electron chi connectivity index (χ1n) is 8.32. The molecule has 136 valence electrons. The molecule has 8 nitrogen and oxygen atoms in total. The van der Waals surface area contributed by atoms with Gasteiger partial charge in [-0.05, 0) is 19.1 Å². The molecule has 1 saturated heterocycles. The highest BCUT2D eigenvalue weighted by Gasteiger charge is 2.27. The van der Waals surface area contributed by atoms with Gasteiger partial charge in [-0.15, -0.1) is 0 Å². The van der Waals surface area contributed by atoms with E-state index in [-0.39, 0.29) is 12.0 Å². The van der Waals surface area contributed by atoms with Gasteiger partial charge in [0, 0.05) is 31.7 Å². The largest absolute Gasteiger partial charge is 0.493 e. The third-order valence-electron chi connectivity index (χ3n) is 4.17. The van der Waals surface area contributed by atoms with Crippen molar-refractivity contribution in [3.8, 4) is 17.2 Å². The van der Waals surface area contributed by atoms with Crippen molar-refractivity contribution in [3.63, 3.8) is 0 Å². The fourth-order valence-corrected chi connectivity index (χ4v) is 2.89. The molecule has 1 aromatic rings. The first-order chi connectivity index (χ1) is 12.1. The van der Waals surface area contributed by atoms with E-state index in [1.165, 1.54) is 7.11 Å². The summed E-state index contributed by atoms with van der Waals surface area (Å²) in [5, 5.41) is 0. The van der Waals surface area contributed by atoms with Gasteiger partial charge in [0.2, 0.25) is 5.75 Å². The molecule has 0 aliphatic carbocycles. The Morgan fingerprint density at radius 1 is 1.08 bits per heavy atom. The fraction of sp³-hybridized carbons (Fsp3) is 0.529. The molecule has 0 radical (unpaired) electrons. The second-order valence-corrected chi connectivity index (χ2v) is 5.68. The molecule has 1 fully saturated rings. The predicted molar refractivity (Wildman–Crippen MR) is 88.5 cm³/mol. The number of amides is 2. The number of piperazine rings is 1. The van der Waals surface area contributed by atoms with E-state index in [1.54, 1.807) is 28.9 Å². The average molecular weight is 350 g/mol. The summed E-state index contributed by atoms with van der Waals surface area (Å²) in [5.41, 5.74) is 0.477. The van der Waals surface area contributed by atoms with Crippen molar-refractivity contribution in [2.24, 2.45) is 0 Å². The molecule has 0 N–H and O–H groups in total. The number of hydrogen-bond acceptors (Lipinski definition) is 6. The molecule has 0 spiro atoms. The maximum absolute atomic E-state index is 12.8. The van der Waals surface area contributed by atoms with Crippen molar-refractivity contribution in [2.45, 2.75) is 6.92 Å². The number of fused-ring (bicyclic) bond motifs is 1. The van der Waals surface area contributed by atoms with Crippen LogP contribution in [-0.2, 0) is 4.74 Å². The van der Waals surface area contributed by atoms with Gasteiger partial charge in [-0.25, -0.2) is 4.79 Å². The van der Waals surface area contributed by atoms with E-state index in [4.69, 9.17) is 18.9 Å². The number of carbonyl (C=O) groups excluding carboxylic acids is 2. The molecule has 2 aliphatic rings. The summed E-state index contributed by atoms with van der Waals surface area (Å²) in [6, 6.07) is 3.34. The van der Waals surface area contributed by atoms with Crippen molar-refractivity contribution >= 4 is 12.0 Å². The van der Waals surface area contributed by atoms with Crippen LogP contribution in [0.2, 0.25) is 0 Å². The third-order valence-corrected chi connectivity index (χ3v) is 4.17. The summed E-state index contributed by atoms with van der Waals surface area (Å²) in [4.78, 5) is 27.9. The molecule has 2 amide bonds. The predicted octanol–water partition coefficient (Wildman–Crippen LogP) is 1.38. The summed E-state index contributed by atoms with van der Waals surface area (Å²) >= 11 is 0. The van der Waals surface area contributed by atoms with Crippen molar-refractivity contribution in [3.05, 3.63) is 17.7 Å². The minimum atomic E-state index is -0.337. The normalized spacial score (nSPS) is 16.4. The van der Waals surface area contributed by atoms with Crippen LogP contribution >= 0.6 is 0 Å². The molecule has 2 heterocycles. The molecule has 0 saturated carbocycles. The van der Waals surface area contributed by atoms with Crippen LogP contribution in [0.1, 0.15) is 17.3 Å². The minimum absolute atomic E-state index is 0.126. The van der Waals surface area contributed by atoms with E-state index < -0.39 is 0 Å². The second kappa shape index (κ2) is 7.50. The van der Waals surface area contributed by atoms with Gasteiger partial charge in [0.25, 0.3) is 5.91 Å². The number of benzene rings is 1. The van der Waals surface area contributed by atoms with Gasteiger partial charge in [-0.3, -0.25) is 4.79 Å². The Bertz CT molecular complexity index is 638. The molecular formula is C17H22N2O6. The maximum atomic E-state index is 12.8. The molecule has 0 atom stereocenters. The van der Waals surface area contributed by atoms with Crippen LogP contribution in [0.25, 0.3) is 0 Å². The Balaban J connectivity index is 1.71. The molecule has 2 aliphatic heterocycles. The number of methoxy groups -OCH3 is 1. The Hall–Kier alpha value is -2.64. The van der Waals surface area contributed by atoms with Crippen LogP contribution in [0.3, 0.4) is 0 Å². The number of rotatable bonds is 3. The molecule has 3 rings (SSSR count). The quantitative estimate of drug-likeness (QED) is 0.820. The van der Waals surface area contributed by atoms with E-state index >= 15 is 0 Å². The van der Waals surface area contributed by atoms with Crippen LogP contribution < -0.4 is 14.2 Å². The third kappa shape index (κ3) is 3.57.